The maximum absolute atomic E-state index is 12.4. The molecule has 0 aliphatic heterocycles. The zero-order valence-electron chi connectivity index (χ0n) is 14.3. The molecule has 0 spiro atoms. The van der Waals surface area contributed by atoms with Gasteiger partial charge in [-0.15, -0.1) is 0 Å². The average Bonchev–Trinajstić information content (AvgIpc) is 2.61. The van der Waals surface area contributed by atoms with Crippen LogP contribution in [-0.4, -0.2) is 29.9 Å². The van der Waals surface area contributed by atoms with Crippen molar-refractivity contribution < 1.29 is 14.3 Å². The molecule has 2 rings (SSSR count). The van der Waals surface area contributed by atoms with Gasteiger partial charge in [-0.25, -0.2) is 0 Å². The summed E-state index contributed by atoms with van der Waals surface area (Å²) in [4.78, 5) is 28.7. The van der Waals surface area contributed by atoms with Crippen molar-refractivity contribution in [2.45, 2.75) is 26.3 Å². The summed E-state index contributed by atoms with van der Waals surface area (Å²) in [5.41, 5.74) is 0.925. The molecule has 0 saturated carbocycles. The molecule has 0 aliphatic carbocycles. The van der Waals surface area contributed by atoms with Crippen LogP contribution in [0.1, 0.15) is 41.1 Å². The highest BCUT2D eigenvalue weighted by molar-refractivity contribution is 6.31. The van der Waals surface area contributed by atoms with Gasteiger partial charge in [-0.3, -0.25) is 14.6 Å². The predicted molar refractivity (Wildman–Crippen MR) is 97.4 cm³/mol. The Labute approximate surface area is 151 Å². The molecular weight excluding hydrogens is 342 g/mol. The third-order valence-electron chi connectivity index (χ3n) is 3.65. The number of hydrogen-bond acceptors (Lipinski definition) is 4. The highest BCUT2D eigenvalue weighted by Crippen LogP contribution is 2.28. The van der Waals surface area contributed by atoms with Gasteiger partial charge in [0.1, 0.15) is 11.4 Å². The molecule has 1 aromatic heterocycles. The third-order valence-corrected chi connectivity index (χ3v) is 3.89. The second-order valence-electron chi connectivity index (χ2n) is 5.51. The van der Waals surface area contributed by atoms with Gasteiger partial charge in [-0.05, 0) is 43.7 Å². The van der Waals surface area contributed by atoms with Gasteiger partial charge in [-0.1, -0.05) is 18.5 Å². The fourth-order valence-electron chi connectivity index (χ4n) is 2.07. The van der Waals surface area contributed by atoms with Crippen LogP contribution in [-0.2, 0) is 0 Å². The summed E-state index contributed by atoms with van der Waals surface area (Å²) in [6.07, 6.45) is 2.24. The van der Waals surface area contributed by atoms with E-state index in [2.05, 4.69) is 15.6 Å². The monoisotopic (exact) mass is 361 g/mol. The van der Waals surface area contributed by atoms with E-state index in [0.29, 0.717) is 22.0 Å². The predicted octanol–water partition coefficient (Wildman–Crippen LogP) is 3.52. The average molecular weight is 362 g/mol. The Morgan fingerprint density at radius 1 is 1.24 bits per heavy atom. The standard InChI is InChI=1S/C18H20ClN3O3/c1-4-11(2)21-17(23)12-7-8-20-15(9-12)18(24)22-14-10-13(19)5-6-16(14)25-3/h5-11H,4H2,1-3H3,(H,21,23)(H,22,24). The Morgan fingerprint density at radius 3 is 2.68 bits per heavy atom. The Kier molecular flexibility index (Phi) is 6.36. The van der Waals surface area contributed by atoms with E-state index in [-0.39, 0.29) is 17.6 Å². The summed E-state index contributed by atoms with van der Waals surface area (Å²) in [7, 11) is 1.50. The highest BCUT2D eigenvalue weighted by Gasteiger charge is 2.15. The second-order valence-corrected chi connectivity index (χ2v) is 5.95. The first-order valence-corrected chi connectivity index (χ1v) is 8.24. The molecule has 132 valence electrons. The van der Waals surface area contributed by atoms with Crippen molar-refractivity contribution in [3.05, 3.63) is 52.8 Å². The molecule has 1 heterocycles. The maximum Gasteiger partial charge on any atom is 0.274 e. The van der Waals surface area contributed by atoms with Crippen molar-refractivity contribution in [3.63, 3.8) is 0 Å². The quantitative estimate of drug-likeness (QED) is 0.824. The normalized spacial score (nSPS) is 11.5. The first-order chi connectivity index (χ1) is 11.9. The van der Waals surface area contributed by atoms with E-state index in [1.807, 2.05) is 13.8 Å². The minimum Gasteiger partial charge on any atom is -0.495 e. The van der Waals surface area contributed by atoms with Crippen molar-refractivity contribution in [2.75, 3.05) is 12.4 Å². The largest absolute Gasteiger partial charge is 0.495 e. The number of aromatic nitrogens is 1. The van der Waals surface area contributed by atoms with Crippen molar-refractivity contribution in [2.24, 2.45) is 0 Å². The summed E-state index contributed by atoms with van der Waals surface area (Å²) in [5.74, 6) is -0.228. The van der Waals surface area contributed by atoms with E-state index in [0.717, 1.165) is 6.42 Å². The number of nitrogens with zero attached hydrogens (tertiary/aromatic N) is 1. The molecule has 6 nitrogen and oxygen atoms in total. The minimum atomic E-state index is -0.459. The van der Waals surface area contributed by atoms with Crippen molar-refractivity contribution >= 4 is 29.1 Å². The van der Waals surface area contributed by atoms with E-state index in [1.165, 1.54) is 19.4 Å². The summed E-state index contributed by atoms with van der Waals surface area (Å²) < 4.78 is 5.20. The fraction of sp³-hybridized carbons (Fsp3) is 0.278. The zero-order valence-corrected chi connectivity index (χ0v) is 15.1. The van der Waals surface area contributed by atoms with Crippen molar-refractivity contribution in [1.29, 1.82) is 0 Å². The lowest BCUT2D eigenvalue weighted by Gasteiger charge is -2.12. The molecule has 0 saturated heterocycles. The van der Waals surface area contributed by atoms with Crippen LogP contribution < -0.4 is 15.4 Å². The summed E-state index contributed by atoms with van der Waals surface area (Å²) in [6.45, 7) is 3.90. The Bertz CT molecular complexity index is 780. The van der Waals surface area contributed by atoms with E-state index in [9.17, 15) is 9.59 Å². The molecule has 1 unspecified atom stereocenters. The van der Waals surface area contributed by atoms with E-state index < -0.39 is 5.91 Å². The number of pyridine rings is 1. The number of carbonyl (C=O) groups excluding carboxylic acids is 2. The lowest BCUT2D eigenvalue weighted by atomic mass is 10.1. The number of benzene rings is 1. The van der Waals surface area contributed by atoms with Gasteiger partial charge in [0.15, 0.2) is 0 Å². The number of carbonyl (C=O) groups is 2. The molecule has 1 aromatic carbocycles. The van der Waals surface area contributed by atoms with Gasteiger partial charge >= 0.3 is 0 Å². The maximum atomic E-state index is 12.4. The highest BCUT2D eigenvalue weighted by atomic mass is 35.5. The first kappa shape index (κ1) is 18.7. The molecule has 0 aliphatic rings. The molecule has 0 radical (unpaired) electrons. The van der Waals surface area contributed by atoms with Crippen molar-refractivity contribution in [1.82, 2.24) is 10.3 Å². The molecule has 25 heavy (non-hydrogen) atoms. The van der Waals surface area contributed by atoms with E-state index in [4.69, 9.17) is 16.3 Å². The molecule has 0 bridgehead atoms. The van der Waals surface area contributed by atoms with Crippen LogP contribution >= 0.6 is 11.6 Å². The lowest BCUT2D eigenvalue weighted by molar-refractivity contribution is 0.0939. The minimum absolute atomic E-state index is 0.0497. The first-order valence-electron chi connectivity index (χ1n) is 7.86. The van der Waals surface area contributed by atoms with Crippen LogP contribution in [0.4, 0.5) is 5.69 Å². The Balaban J connectivity index is 2.19. The number of hydrogen-bond donors (Lipinski definition) is 2. The smallest absolute Gasteiger partial charge is 0.274 e. The number of halogens is 1. The van der Waals surface area contributed by atoms with Crippen LogP contribution in [0.25, 0.3) is 0 Å². The topological polar surface area (TPSA) is 80.3 Å². The van der Waals surface area contributed by atoms with Gasteiger partial charge in [-0.2, -0.15) is 0 Å². The molecule has 0 fully saturated rings. The van der Waals surface area contributed by atoms with Gasteiger partial charge in [0.2, 0.25) is 0 Å². The van der Waals surface area contributed by atoms with Gasteiger partial charge < -0.3 is 15.4 Å². The van der Waals surface area contributed by atoms with E-state index in [1.54, 1.807) is 24.3 Å². The van der Waals surface area contributed by atoms with Crippen LogP contribution in [0.15, 0.2) is 36.5 Å². The molecule has 2 N–H and O–H groups in total. The van der Waals surface area contributed by atoms with Gasteiger partial charge in [0.05, 0.1) is 12.8 Å². The van der Waals surface area contributed by atoms with Gasteiger partial charge in [0.25, 0.3) is 11.8 Å². The molecule has 2 aromatic rings. The number of anilines is 1. The van der Waals surface area contributed by atoms with E-state index >= 15 is 0 Å². The fourth-order valence-corrected chi connectivity index (χ4v) is 2.24. The number of nitrogens with one attached hydrogen (secondary N) is 2. The zero-order chi connectivity index (χ0) is 18.4. The second kappa shape index (κ2) is 8.48. The van der Waals surface area contributed by atoms with Crippen LogP contribution in [0, 0.1) is 0 Å². The van der Waals surface area contributed by atoms with Crippen LogP contribution in [0.5, 0.6) is 5.75 Å². The molecular formula is C18H20ClN3O3. The SMILES string of the molecule is CCC(C)NC(=O)c1ccnc(C(=O)Nc2cc(Cl)ccc2OC)c1. The Morgan fingerprint density at radius 2 is 2.00 bits per heavy atom. The Hall–Kier alpha value is -2.60. The summed E-state index contributed by atoms with van der Waals surface area (Å²) in [5, 5.41) is 6.01. The number of rotatable bonds is 6. The van der Waals surface area contributed by atoms with Gasteiger partial charge in [0, 0.05) is 22.8 Å². The molecule has 1 atom stereocenters. The summed E-state index contributed by atoms with van der Waals surface area (Å²) in [6, 6.07) is 7.96. The summed E-state index contributed by atoms with van der Waals surface area (Å²) >= 11 is 5.96. The number of ether oxygens (including phenoxy) is 1. The number of amides is 2. The number of methoxy groups -OCH3 is 1. The lowest BCUT2D eigenvalue weighted by Crippen LogP contribution is -2.32. The third kappa shape index (κ3) is 4.93. The molecule has 7 heteroatoms. The van der Waals surface area contributed by atoms with Crippen molar-refractivity contribution in [3.8, 4) is 5.75 Å². The van der Waals surface area contributed by atoms with Crippen LogP contribution in [0.2, 0.25) is 5.02 Å². The van der Waals surface area contributed by atoms with Crippen LogP contribution in [0.3, 0.4) is 0 Å². The molecule has 2 amide bonds.